The van der Waals surface area contributed by atoms with Crippen molar-refractivity contribution < 1.29 is 19.1 Å². The van der Waals surface area contributed by atoms with Crippen LogP contribution in [0.3, 0.4) is 0 Å². The Morgan fingerprint density at radius 1 is 1.11 bits per heavy atom. The molecule has 2 amide bonds. The SMILES string of the molecule is COc1ccc(C2=NN(C3CCN(C(=O)[C@@H](N)Cc4cscn4)CC3)C(=O)[C@@H]3CCCC[C@H]23)cc1OC.Cl. The molecule has 3 atom stereocenters. The van der Waals surface area contributed by atoms with Crippen LogP contribution in [0.5, 0.6) is 11.5 Å². The van der Waals surface area contributed by atoms with E-state index < -0.39 is 6.04 Å². The second-order valence-electron chi connectivity index (χ2n) is 10.1. The second kappa shape index (κ2) is 12.4. The van der Waals surface area contributed by atoms with Crippen LogP contribution in [0, 0.1) is 11.8 Å². The van der Waals surface area contributed by atoms with E-state index in [0.717, 1.165) is 42.7 Å². The van der Waals surface area contributed by atoms with E-state index >= 15 is 0 Å². The molecular weight excluding hydrogens is 526 g/mol. The Morgan fingerprint density at radius 3 is 2.47 bits per heavy atom. The third-order valence-electron chi connectivity index (χ3n) is 7.91. The first-order valence-corrected chi connectivity index (χ1v) is 14.0. The molecule has 1 aromatic carbocycles. The number of aromatic nitrogens is 1. The summed E-state index contributed by atoms with van der Waals surface area (Å²) < 4.78 is 11.0. The van der Waals surface area contributed by atoms with Gasteiger partial charge in [-0.05, 0) is 43.9 Å². The van der Waals surface area contributed by atoms with Crippen LogP contribution in [0.15, 0.2) is 34.2 Å². The minimum Gasteiger partial charge on any atom is -0.493 e. The number of fused-ring (bicyclic) bond motifs is 1. The van der Waals surface area contributed by atoms with Gasteiger partial charge in [-0.15, -0.1) is 23.7 Å². The smallest absolute Gasteiger partial charge is 0.246 e. The fourth-order valence-corrected chi connectivity index (χ4v) is 6.48. The number of ether oxygens (including phenoxy) is 2. The van der Waals surface area contributed by atoms with Gasteiger partial charge in [0.1, 0.15) is 0 Å². The molecule has 2 aromatic rings. The molecule has 2 aliphatic heterocycles. The van der Waals surface area contributed by atoms with E-state index in [9.17, 15) is 9.59 Å². The molecule has 1 saturated carbocycles. The van der Waals surface area contributed by atoms with Gasteiger partial charge in [0.2, 0.25) is 11.8 Å². The van der Waals surface area contributed by atoms with Crippen molar-refractivity contribution in [3.8, 4) is 11.5 Å². The molecule has 0 spiro atoms. The molecule has 1 aliphatic carbocycles. The molecule has 5 rings (SSSR count). The van der Waals surface area contributed by atoms with Crippen molar-refractivity contribution >= 4 is 41.3 Å². The summed E-state index contributed by atoms with van der Waals surface area (Å²) >= 11 is 1.50. The molecule has 11 heteroatoms. The first-order chi connectivity index (χ1) is 18.0. The topological polar surface area (TPSA) is 110 Å². The normalized spacial score (nSPS) is 22.7. The number of amides is 2. The summed E-state index contributed by atoms with van der Waals surface area (Å²) in [6.07, 6.45) is 5.81. The molecule has 38 heavy (non-hydrogen) atoms. The van der Waals surface area contributed by atoms with Crippen LogP contribution in [0.25, 0.3) is 0 Å². The Bertz CT molecular complexity index is 1150. The fourth-order valence-electron chi connectivity index (χ4n) is 5.91. The summed E-state index contributed by atoms with van der Waals surface area (Å²) in [5.41, 5.74) is 10.7. The molecular formula is C27H36ClN5O4S. The Labute approximate surface area is 233 Å². The van der Waals surface area contributed by atoms with Crippen LogP contribution >= 0.6 is 23.7 Å². The highest BCUT2D eigenvalue weighted by Crippen LogP contribution is 2.40. The molecule has 0 bridgehead atoms. The quantitative estimate of drug-likeness (QED) is 0.554. The molecule has 0 radical (unpaired) electrons. The number of piperidine rings is 1. The van der Waals surface area contributed by atoms with E-state index in [1.807, 2.05) is 28.5 Å². The number of carbonyl (C=O) groups is 2. The lowest BCUT2D eigenvalue weighted by Gasteiger charge is -2.43. The van der Waals surface area contributed by atoms with Gasteiger partial charge in [-0.1, -0.05) is 12.8 Å². The van der Waals surface area contributed by atoms with Gasteiger partial charge in [0.05, 0.1) is 43.2 Å². The van der Waals surface area contributed by atoms with Crippen molar-refractivity contribution in [2.75, 3.05) is 27.3 Å². The summed E-state index contributed by atoms with van der Waals surface area (Å²) in [4.78, 5) is 32.7. The Morgan fingerprint density at radius 2 is 1.82 bits per heavy atom. The number of hydrogen-bond donors (Lipinski definition) is 1. The maximum Gasteiger partial charge on any atom is 0.246 e. The number of likely N-dealkylation sites (tertiary alicyclic amines) is 1. The Balaban J connectivity index is 0.00000336. The molecule has 0 unspecified atom stereocenters. The first kappa shape index (κ1) is 28.3. The molecule has 9 nitrogen and oxygen atoms in total. The van der Waals surface area contributed by atoms with Crippen molar-refractivity contribution in [3.05, 3.63) is 40.3 Å². The van der Waals surface area contributed by atoms with E-state index in [2.05, 4.69) is 4.98 Å². The van der Waals surface area contributed by atoms with Crippen LogP contribution in [-0.2, 0) is 16.0 Å². The standard InChI is InChI=1S/C27H35N5O4S.ClH/c1-35-23-8-7-17(13-24(23)36-2)25-20-5-3-4-6-21(20)26(33)32(30-25)19-9-11-31(12-10-19)27(34)22(28)14-18-15-37-16-29-18;/h7-8,13,15-16,19-22H,3-6,9-12,14,28H2,1-2H3;1H/t20-,21+,22-;/m0./s1. The fraction of sp³-hybridized carbons (Fsp3) is 0.556. The third kappa shape index (κ3) is 5.67. The number of methoxy groups -OCH3 is 2. The van der Waals surface area contributed by atoms with Crippen molar-refractivity contribution in [2.24, 2.45) is 22.7 Å². The minimum absolute atomic E-state index is 0. The Kier molecular flexibility index (Phi) is 9.27. The second-order valence-corrected chi connectivity index (χ2v) is 10.8. The first-order valence-electron chi connectivity index (χ1n) is 13.1. The average Bonchev–Trinajstić information content (AvgIpc) is 3.46. The summed E-state index contributed by atoms with van der Waals surface area (Å²) in [6, 6.07) is 5.22. The maximum atomic E-state index is 13.6. The monoisotopic (exact) mass is 561 g/mol. The number of hydrazone groups is 1. The highest BCUT2D eigenvalue weighted by atomic mass is 35.5. The maximum absolute atomic E-state index is 13.6. The predicted molar refractivity (Wildman–Crippen MR) is 149 cm³/mol. The Hall–Kier alpha value is -2.69. The molecule has 1 saturated heterocycles. The van der Waals surface area contributed by atoms with Gasteiger partial charge in [0.15, 0.2) is 11.5 Å². The summed E-state index contributed by atoms with van der Waals surface area (Å²) in [6.45, 7) is 1.13. The zero-order valence-electron chi connectivity index (χ0n) is 21.9. The van der Waals surface area contributed by atoms with Gasteiger partial charge >= 0.3 is 0 Å². The number of nitrogens with two attached hydrogens (primary N) is 1. The average molecular weight is 562 g/mol. The lowest BCUT2D eigenvalue weighted by Crippen LogP contribution is -2.54. The number of halogens is 1. The largest absolute Gasteiger partial charge is 0.493 e. The van der Waals surface area contributed by atoms with Gasteiger partial charge in [-0.25, -0.2) is 9.99 Å². The van der Waals surface area contributed by atoms with Crippen molar-refractivity contribution in [1.29, 1.82) is 0 Å². The van der Waals surface area contributed by atoms with E-state index in [4.69, 9.17) is 20.3 Å². The van der Waals surface area contributed by atoms with Crippen LogP contribution in [-0.4, -0.2) is 71.8 Å². The number of carbonyl (C=O) groups excluding carboxylic acids is 2. The summed E-state index contributed by atoms with van der Waals surface area (Å²) in [5.74, 6) is 1.44. The predicted octanol–water partition coefficient (Wildman–Crippen LogP) is 3.50. The molecule has 206 valence electrons. The van der Waals surface area contributed by atoms with E-state index in [0.29, 0.717) is 43.9 Å². The van der Waals surface area contributed by atoms with Gasteiger partial charge in [0.25, 0.3) is 0 Å². The van der Waals surface area contributed by atoms with Crippen LogP contribution in [0.4, 0.5) is 0 Å². The van der Waals surface area contributed by atoms with Crippen LogP contribution in [0.1, 0.15) is 49.8 Å². The van der Waals surface area contributed by atoms with E-state index in [1.54, 1.807) is 24.7 Å². The minimum atomic E-state index is -0.604. The van der Waals surface area contributed by atoms with Crippen LogP contribution < -0.4 is 15.2 Å². The third-order valence-corrected chi connectivity index (χ3v) is 8.54. The number of nitrogens with zero attached hydrogens (tertiary/aromatic N) is 4. The van der Waals surface area contributed by atoms with Gasteiger partial charge in [-0.3, -0.25) is 9.59 Å². The lowest BCUT2D eigenvalue weighted by molar-refractivity contribution is -0.143. The van der Waals surface area contributed by atoms with Gasteiger partial charge in [-0.2, -0.15) is 5.10 Å². The zero-order chi connectivity index (χ0) is 25.9. The van der Waals surface area contributed by atoms with Gasteiger partial charge in [0, 0.05) is 42.3 Å². The van der Waals surface area contributed by atoms with Crippen molar-refractivity contribution in [1.82, 2.24) is 14.9 Å². The number of thiazole rings is 1. The van der Waals surface area contributed by atoms with E-state index in [1.165, 1.54) is 11.3 Å². The van der Waals surface area contributed by atoms with Crippen LogP contribution in [0.2, 0.25) is 0 Å². The highest BCUT2D eigenvalue weighted by molar-refractivity contribution is 7.07. The number of rotatable bonds is 7. The number of hydrogen-bond acceptors (Lipinski definition) is 8. The molecule has 3 heterocycles. The highest BCUT2D eigenvalue weighted by Gasteiger charge is 2.44. The zero-order valence-corrected chi connectivity index (χ0v) is 23.5. The molecule has 3 aliphatic rings. The summed E-state index contributed by atoms with van der Waals surface area (Å²) in [5, 5.41) is 8.65. The van der Waals surface area contributed by atoms with Crippen molar-refractivity contribution in [3.63, 3.8) is 0 Å². The van der Waals surface area contributed by atoms with Gasteiger partial charge < -0.3 is 20.1 Å². The van der Waals surface area contributed by atoms with Crippen molar-refractivity contribution in [2.45, 2.75) is 57.0 Å². The molecule has 2 N–H and O–H groups in total. The number of benzene rings is 1. The van der Waals surface area contributed by atoms with E-state index in [-0.39, 0.29) is 42.1 Å². The summed E-state index contributed by atoms with van der Waals surface area (Å²) in [7, 11) is 3.25. The lowest BCUT2D eigenvalue weighted by atomic mass is 9.73. The molecule has 2 fully saturated rings. The molecule has 1 aromatic heterocycles.